The third-order valence-corrected chi connectivity index (χ3v) is 0.348. The second kappa shape index (κ2) is 67.9. The van der Waals surface area contributed by atoms with Crippen LogP contribution in [-0.4, -0.2) is 37.3 Å². The summed E-state index contributed by atoms with van der Waals surface area (Å²) < 4.78 is 13.9. The zero-order valence-corrected chi connectivity index (χ0v) is 10.5. The zero-order valence-electron chi connectivity index (χ0n) is 10.5. The van der Waals surface area contributed by atoms with E-state index in [2.05, 4.69) is 4.74 Å². The van der Waals surface area contributed by atoms with E-state index in [1.165, 1.54) is 20.8 Å². The second-order valence-corrected chi connectivity index (χ2v) is 2.15. The highest BCUT2D eigenvalue weighted by Gasteiger charge is 1.81. The van der Waals surface area contributed by atoms with E-state index >= 15 is 0 Å². The molecule has 1 N–H and O–H groups in total. The van der Waals surface area contributed by atoms with Crippen LogP contribution in [0.1, 0.15) is 64.3 Å². The van der Waals surface area contributed by atoms with Crippen molar-refractivity contribution in [3.8, 4) is 0 Å². The molecular formula is C14H39FO4. The lowest BCUT2D eigenvalue weighted by molar-refractivity contribution is -0.140. The Morgan fingerprint density at radius 2 is 1.11 bits per heavy atom. The smallest absolute Gasteiger partial charge is 0.302 e. The molecule has 0 saturated heterocycles. The van der Waals surface area contributed by atoms with Gasteiger partial charge in [-0.2, -0.15) is 0 Å². The van der Waals surface area contributed by atoms with Crippen LogP contribution in [0, 0.1) is 0 Å². The minimum absolute atomic E-state index is 0. The molecule has 0 amide bonds. The number of ketones is 1. The van der Waals surface area contributed by atoms with Gasteiger partial charge in [0.15, 0.2) is 0 Å². The third kappa shape index (κ3) is 934. The predicted octanol–water partition coefficient (Wildman–Crippen LogP) is 4.29. The number of Topliss-reactive ketones (excluding diaryl/α,β-unsaturated/α-hetero) is 1. The van der Waals surface area contributed by atoms with Gasteiger partial charge in [-0.25, -0.2) is 0 Å². The Balaban J connectivity index is -0.0000000141. The van der Waals surface area contributed by atoms with Gasteiger partial charge in [0.2, 0.25) is 0 Å². The van der Waals surface area contributed by atoms with Crippen molar-refractivity contribution in [2.75, 3.05) is 20.4 Å². The first-order valence-corrected chi connectivity index (χ1v) is 4.51. The van der Waals surface area contributed by atoms with Crippen LogP contribution in [0.3, 0.4) is 0 Å². The van der Waals surface area contributed by atoms with Crippen molar-refractivity contribution in [3.63, 3.8) is 0 Å². The Morgan fingerprint density at radius 3 is 1.11 bits per heavy atom. The summed E-state index contributed by atoms with van der Waals surface area (Å²) in [5.41, 5.74) is 0. The summed E-state index contributed by atoms with van der Waals surface area (Å²) in [6.45, 7) is 8.64. The molecule has 0 radical (unpaired) electrons. The van der Waals surface area contributed by atoms with Crippen molar-refractivity contribution >= 4 is 11.8 Å². The molecule has 19 heavy (non-hydrogen) atoms. The number of carbonyl (C=O) groups is 2. The van der Waals surface area contributed by atoms with Gasteiger partial charge >= 0.3 is 5.97 Å². The van der Waals surface area contributed by atoms with Gasteiger partial charge in [-0.1, -0.05) is 29.7 Å². The number of halogens is 1. The average molecular weight is 290 g/mol. The van der Waals surface area contributed by atoms with E-state index in [4.69, 9.17) is 5.11 Å². The van der Waals surface area contributed by atoms with Crippen LogP contribution in [0.15, 0.2) is 0 Å². The van der Waals surface area contributed by atoms with Crippen LogP contribution in [0.5, 0.6) is 0 Å². The first kappa shape index (κ1) is 52.0. The highest BCUT2D eigenvalue weighted by molar-refractivity contribution is 5.72. The fourth-order valence-corrected chi connectivity index (χ4v) is 0.203. The summed E-state index contributed by atoms with van der Waals surface area (Å²) in [6.07, 6.45) is 0. The number of aliphatic hydroxyl groups excluding tert-OH is 1. The monoisotopic (exact) mass is 290 g/mol. The largest absolute Gasteiger partial charge is 0.466 e. The Labute approximate surface area is 121 Å². The van der Waals surface area contributed by atoms with Crippen molar-refractivity contribution in [2.24, 2.45) is 0 Å². The van der Waals surface area contributed by atoms with Crippen molar-refractivity contribution in [2.45, 2.75) is 64.3 Å². The summed E-state index contributed by atoms with van der Waals surface area (Å²) in [5, 5.41) is 7.57. The molecule has 0 aromatic heterocycles. The van der Waals surface area contributed by atoms with Gasteiger partial charge in [0.05, 0.1) is 13.8 Å². The molecule has 4 nitrogen and oxygen atoms in total. The molecule has 0 heterocycles. The van der Waals surface area contributed by atoms with Crippen molar-refractivity contribution in [1.82, 2.24) is 0 Å². The van der Waals surface area contributed by atoms with Crippen molar-refractivity contribution < 1.29 is 23.8 Å². The minimum atomic E-state index is -0.211. The first-order valence-electron chi connectivity index (χ1n) is 4.51. The molecule has 0 aliphatic heterocycles. The normalized spacial score (nSPS) is 5.05. The number of esters is 1. The third-order valence-electron chi connectivity index (χ3n) is 0.348. The van der Waals surface area contributed by atoms with Gasteiger partial charge in [-0.05, 0) is 27.7 Å². The topological polar surface area (TPSA) is 63.6 Å². The van der Waals surface area contributed by atoms with Crippen LogP contribution in [0.4, 0.5) is 4.39 Å². The summed E-state index contributed by atoms with van der Waals surface area (Å²) in [4.78, 5) is 19.3. The first-order chi connectivity index (χ1) is 6.92. The number of alkyl halides is 1. The number of carbonyl (C=O) groups excluding carboxylic acids is 2. The molecule has 0 fully saturated rings. The van der Waals surface area contributed by atoms with Crippen LogP contribution < -0.4 is 0 Å². The van der Waals surface area contributed by atoms with Crippen LogP contribution >= 0.6 is 0 Å². The molecule has 0 aromatic rings. The highest BCUT2D eigenvalue weighted by atomic mass is 19.1. The fourth-order valence-electron chi connectivity index (χ4n) is 0.203. The number of rotatable bonds is 1. The molecule has 0 spiro atoms. The molecule has 0 atom stereocenters. The second-order valence-electron chi connectivity index (χ2n) is 2.15. The Hall–Kier alpha value is -0.970. The SMILES string of the molecule is C.C.C.C.CC(C)=O.CCO.CCOC(C)=O.CF. The molecular weight excluding hydrogens is 251 g/mol. The molecule has 0 bridgehead atoms. The van der Waals surface area contributed by atoms with Gasteiger partial charge < -0.3 is 14.6 Å². The Bertz CT molecular complexity index is 125. The molecule has 126 valence electrons. The quantitative estimate of drug-likeness (QED) is 0.731. The predicted molar refractivity (Wildman–Crippen MR) is 85.4 cm³/mol. The molecule has 0 aromatic carbocycles. The number of ether oxygens (including phenoxy) is 1. The van der Waals surface area contributed by atoms with E-state index in [9.17, 15) is 14.0 Å². The highest BCUT2D eigenvalue weighted by Crippen LogP contribution is 1.69. The van der Waals surface area contributed by atoms with Gasteiger partial charge in [0.25, 0.3) is 0 Å². The summed E-state index contributed by atoms with van der Waals surface area (Å²) >= 11 is 0. The molecule has 0 rings (SSSR count). The Kier molecular flexibility index (Phi) is 186. The molecule has 0 saturated carbocycles. The standard InChI is InChI=1S/C4H8O2.C3H6O.C2H6O.CH3F.4CH4/c1-3-6-4(2)5;1-3(2)4;1-2-3;1-2;;;;/h3H2,1-2H3;1-2H3;3H,2H2,1H3;1H3;4*1H4. The average Bonchev–Trinajstić information content (AvgIpc) is 2.07. The van der Waals surface area contributed by atoms with E-state index in [0.717, 1.165) is 0 Å². The Morgan fingerprint density at radius 1 is 0.947 bits per heavy atom. The van der Waals surface area contributed by atoms with Gasteiger partial charge in [0.1, 0.15) is 5.78 Å². The van der Waals surface area contributed by atoms with E-state index < -0.39 is 0 Å². The number of hydrogen-bond donors (Lipinski definition) is 1. The zero-order chi connectivity index (χ0) is 13.3. The lowest BCUT2D eigenvalue weighted by Crippen LogP contribution is -1.95. The fraction of sp³-hybridized carbons (Fsp3) is 0.857. The van der Waals surface area contributed by atoms with E-state index in [1.54, 1.807) is 13.8 Å². The lowest BCUT2D eigenvalue weighted by atomic mass is 10.6. The maximum absolute atomic E-state index is 9.82. The van der Waals surface area contributed by atoms with Crippen molar-refractivity contribution in [1.29, 1.82) is 0 Å². The van der Waals surface area contributed by atoms with Crippen LogP contribution in [0.2, 0.25) is 0 Å². The summed E-state index contributed by atoms with van der Waals surface area (Å²) in [7, 11) is 0.500. The van der Waals surface area contributed by atoms with E-state index in [0.29, 0.717) is 13.8 Å². The van der Waals surface area contributed by atoms with Crippen LogP contribution in [-0.2, 0) is 14.3 Å². The molecule has 0 aliphatic rings. The maximum Gasteiger partial charge on any atom is 0.302 e. The maximum atomic E-state index is 9.82. The van der Waals surface area contributed by atoms with Gasteiger partial charge in [-0.15, -0.1) is 0 Å². The van der Waals surface area contributed by atoms with Crippen molar-refractivity contribution in [3.05, 3.63) is 0 Å². The molecule has 0 aliphatic carbocycles. The van der Waals surface area contributed by atoms with Gasteiger partial charge in [-0.3, -0.25) is 9.18 Å². The summed E-state index contributed by atoms with van der Waals surface area (Å²) in [6, 6.07) is 0. The van der Waals surface area contributed by atoms with Gasteiger partial charge in [0, 0.05) is 13.5 Å². The molecule has 0 unspecified atom stereocenters. The lowest BCUT2D eigenvalue weighted by Gasteiger charge is -1.89. The van der Waals surface area contributed by atoms with Crippen LogP contribution in [0.25, 0.3) is 0 Å². The number of aliphatic hydroxyl groups is 1. The van der Waals surface area contributed by atoms with E-state index in [-0.39, 0.29) is 48.1 Å². The minimum Gasteiger partial charge on any atom is -0.466 e. The number of hydrogen-bond acceptors (Lipinski definition) is 4. The van der Waals surface area contributed by atoms with E-state index in [1.807, 2.05) is 0 Å². The molecule has 5 heteroatoms. The summed E-state index contributed by atoms with van der Waals surface area (Å²) in [5.74, 6) is -0.0440.